The first-order valence-electron chi connectivity index (χ1n) is 7.38. The summed E-state index contributed by atoms with van der Waals surface area (Å²) in [5.41, 5.74) is 1.82. The molecule has 0 aliphatic rings. The molecule has 23 heavy (non-hydrogen) atoms. The second-order valence-electron chi connectivity index (χ2n) is 5.23. The van der Waals surface area contributed by atoms with E-state index in [0.29, 0.717) is 30.0 Å². The second-order valence-corrected chi connectivity index (χ2v) is 5.23. The number of ether oxygens (including phenoxy) is 1. The minimum absolute atomic E-state index is 0.174. The summed E-state index contributed by atoms with van der Waals surface area (Å²) in [5.74, 6) is 0.0260. The van der Waals surface area contributed by atoms with Crippen LogP contribution in [0.25, 0.3) is 11.3 Å². The monoisotopic (exact) mass is 316 g/mol. The quantitative estimate of drug-likeness (QED) is 0.766. The molecule has 0 radical (unpaired) electrons. The van der Waals surface area contributed by atoms with Gasteiger partial charge in [-0.3, -0.25) is 9.59 Å². The first kappa shape index (κ1) is 16.7. The average Bonchev–Trinajstić information content (AvgIpc) is 2.96. The van der Waals surface area contributed by atoms with Crippen LogP contribution in [0.1, 0.15) is 29.0 Å². The lowest BCUT2D eigenvalue weighted by atomic mass is 10.1. The third-order valence-corrected chi connectivity index (χ3v) is 3.57. The Kier molecular flexibility index (Phi) is 5.51. The molecule has 0 N–H and O–H groups in total. The van der Waals surface area contributed by atoms with E-state index in [9.17, 15) is 9.59 Å². The lowest BCUT2D eigenvalue weighted by Crippen LogP contribution is -2.28. The van der Waals surface area contributed by atoms with E-state index < -0.39 is 0 Å². The van der Waals surface area contributed by atoms with Crippen LogP contribution < -0.4 is 0 Å². The molecule has 122 valence electrons. The van der Waals surface area contributed by atoms with Gasteiger partial charge in [0.15, 0.2) is 0 Å². The maximum atomic E-state index is 12.7. The van der Waals surface area contributed by atoms with Gasteiger partial charge in [-0.05, 0) is 13.3 Å². The van der Waals surface area contributed by atoms with Crippen LogP contribution >= 0.6 is 0 Å². The van der Waals surface area contributed by atoms with E-state index in [-0.39, 0.29) is 18.3 Å². The Labute approximate surface area is 135 Å². The zero-order valence-electron chi connectivity index (χ0n) is 13.5. The Hall–Kier alpha value is -2.63. The van der Waals surface area contributed by atoms with Crippen molar-refractivity contribution in [3.05, 3.63) is 41.7 Å². The number of carbonyl (C=O) groups excluding carboxylic acids is 2. The van der Waals surface area contributed by atoms with E-state index in [1.807, 2.05) is 30.3 Å². The van der Waals surface area contributed by atoms with Gasteiger partial charge in [-0.15, -0.1) is 0 Å². The molecule has 1 amide bonds. The summed E-state index contributed by atoms with van der Waals surface area (Å²) in [7, 11) is 3.05. The molecular weight excluding hydrogens is 296 g/mol. The predicted octanol–water partition coefficient (Wildman–Crippen LogP) is 2.68. The number of carbonyl (C=O) groups is 2. The first-order valence-corrected chi connectivity index (χ1v) is 7.38. The Bertz CT molecular complexity index is 679. The number of rotatable bonds is 6. The molecule has 0 saturated heterocycles. The fourth-order valence-corrected chi connectivity index (χ4v) is 2.27. The number of benzene rings is 1. The van der Waals surface area contributed by atoms with Crippen LogP contribution in [-0.4, -0.2) is 42.6 Å². The summed E-state index contributed by atoms with van der Waals surface area (Å²) in [6.45, 7) is 2.17. The minimum atomic E-state index is -0.281. The van der Waals surface area contributed by atoms with Gasteiger partial charge in [0.2, 0.25) is 0 Å². The number of aryl methyl sites for hydroxylation is 1. The highest BCUT2D eigenvalue weighted by Crippen LogP contribution is 2.26. The molecule has 0 bridgehead atoms. The van der Waals surface area contributed by atoms with E-state index in [2.05, 4.69) is 9.89 Å². The summed E-state index contributed by atoms with van der Waals surface area (Å²) in [5, 5.41) is 4.01. The molecule has 6 nitrogen and oxygen atoms in total. The van der Waals surface area contributed by atoms with Crippen molar-refractivity contribution in [3.8, 4) is 11.3 Å². The van der Waals surface area contributed by atoms with E-state index in [1.54, 1.807) is 18.9 Å². The van der Waals surface area contributed by atoms with Crippen LogP contribution in [0, 0.1) is 6.92 Å². The number of hydrogen-bond acceptors (Lipinski definition) is 5. The summed E-state index contributed by atoms with van der Waals surface area (Å²) in [6, 6.07) is 9.43. The fraction of sp³-hybridized carbons (Fsp3) is 0.353. The first-order chi connectivity index (χ1) is 11.0. The lowest BCUT2D eigenvalue weighted by molar-refractivity contribution is -0.140. The maximum Gasteiger partial charge on any atom is 0.305 e. The van der Waals surface area contributed by atoms with Crippen LogP contribution in [0.15, 0.2) is 34.9 Å². The van der Waals surface area contributed by atoms with Crippen LogP contribution in [0.5, 0.6) is 0 Å². The Morgan fingerprint density at radius 3 is 2.61 bits per heavy atom. The van der Waals surface area contributed by atoms with Gasteiger partial charge in [-0.25, -0.2) is 0 Å². The highest BCUT2D eigenvalue weighted by Gasteiger charge is 2.24. The van der Waals surface area contributed by atoms with E-state index in [0.717, 1.165) is 5.56 Å². The third-order valence-electron chi connectivity index (χ3n) is 3.57. The fourth-order valence-electron chi connectivity index (χ4n) is 2.27. The molecule has 0 unspecified atom stereocenters. The van der Waals surface area contributed by atoms with Crippen molar-refractivity contribution in [1.29, 1.82) is 0 Å². The minimum Gasteiger partial charge on any atom is -0.469 e. The van der Waals surface area contributed by atoms with E-state index >= 15 is 0 Å². The van der Waals surface area contributed by atoms with Gasteiger partial charge in [0, 0.05) is 25.6 Å². The molecule has 1 aromatic carbocycles. The zero-order valence-corrected chi connectivity index (χ0v) is 13.5. The number of methoxy groups -OCH3 is 1. The summed E-state index contributed by atoms with van der Waals surface area (Å²) in [6.07, 6.45) is 0.822. The van der Waals surface area contributed by atoms with Crippen molar-refractivity contribution < 1.29 is 18.8 Å². The number of aromatic nitrogens is 1. The zero-order chi connectivity index (χ0) is 16.8. The number of amides is 1. The van der Waals surface area contributed by atoms with Crippen molar-refractivity contribution >= 4 is 11.9 Å². The number of esters is 1. The molecule has 0 spiro atoms. The molecule has 6 heteroatoms. The van der Waals surface area contributed by atoms with Gasteiger partial charge >= 0.3 is 5.97 Å². The molecule has 1 aromatic heterocycles. The lowest BCUT2D eigenvalue weighted by Gasteiger charge is -2.16. The topological polar surface area (TPSA) is 72.6 Å². The van der Waals surface area contributed by atoms with Gasteiger partial charge < -0.3 is 14.2 Å². The Balaban J connectivity index is 2.13. The largest absolute Gasteiger partial charge is 0.469 e. The Morgan fingerprint density at radius 2 is 1.96 bits per heavy atom. The summed E-state index contributed by atoms with van der Waals surface area (Å²) >= 11 is 0. The molecule has 0 fully saturated rings. The maximum absolute atomic E-state index is 12.7. The van der Waals surface area contributed by atoms with E-state index in [1.165, 1.54) is 7.11 Å². The predicted molar refractivity (Wildman–Crippen MR) is 84.9 cm³/mol. The molecule has 0 saturated carbocycles. The summed E-state index contributed by atoms with van der Waals surface area (Å²) < 4.78 is 9.80. The van der Waals surface area contributed by atoms with Gasteiger partial charge in [0.1, 0.15) is 17.0 Å². The average molecular weight is 316 g/mol. The summed E-state index contributed by atoms with van der Waals surface area (Å²) in [4.78, 5) is 25.4. The van der Waals surface area contributed by atoms with Crippen molar-refractivity contribution in [2.45, 2.75) is 19.8 Å². The molecule has 0 aliphatic heterocycles. The number of nitrogens with zero attached hydrogens (tertiary/aromatic N) is 2. The van der Waals surface area contributed by atoms with Crippen molar-refractivity contribution in [1.82, 2.24) is 10.1 Å². The van der Waals surface area contributed by atoms with Crippen molar-refractivity contribution in [2.24, 2.45) is 0 Å². The van der Waals surface area contributed by atoms with Crippen LogP contribution in [-0.2, 0) is 9.53 Å². The molecule has 2 aromatic rings. The normalized spacial score (nSPS) is 10.4. The van der Waals surface area contributed by atoms with Gasteiger partial charge in [-0.1, -0.05) is 35.5 Å². The van der Waals surface area contributed by atoms with Crippen molar-refractivity contribution in [2.75, 3.05) is 20.7 Å². The second kappa shape index (κ2) is 7.58. The molecule has 2 rings (SSSR count). The molecule has 0 aliphatic carbocycles. The molecule has 0 atom stereocenters. The van der Waals surface area contributed by atoms with Crippen LogP contribution in [0.4, 0.5) is 0 Å². The van der Waals surface area contributed by atoms with Crippen LogP contribution in [0.2, 0.25) is 0 Å². The Morgan fingerprint density at radius 1 is 1.26 bits per heavy atom. The highest BCUT2D eigenvalue weighted by atomic mass is 16.5. The third kappa shape index (κ3) is 3.97. The van der Waals surface area contributed by atoms with E-state index in [4.69, 9.17) is 4.52 Å². The van der Waals surface area contributed by atoms with Gasteiger partial charge in [0.05, 0.1) is 7.11 Å². The van der Waals surface area contributed by atoms with Crippen molar-refractivity contribution in [3.63, 3.8) is 0 Å². The van der Waals surface area contributed by atoms with Gasteiger partial charge in [0.25, 0.3) is 5.91 Å². The molecular formula is C17H20N2O4. The standard InChI is InChI=1S/C17H20N2O4/c1-12-15(16(18-23-12)13-8-5-4-6-9-13)17(21)19(2)11-7-10-14(20)22-3/h4-6,8-9H,7,10-11H2,1-3H3. The van der Waals surface area contributed by atoms with Crippen LogP contribution in [0.3, 0.4) is 0 Å². The highest BCUT2D eigenvalue weighted by molar-refractivity contribution is 6.00. The smallest absolute Gasteiger partial charge is 0.305 e. The van der Waals surface area contributed by atoms with Gasteiger partial charge in [-0.2, -0.15) is 0 Å². The molecule has 1 heterocycles. The SMILES string of the molecule is COC(=O)CCCN(C)C(=O)c1c(-c2ccccc2)noc1C. The number of hydrogen-bond donors (Lipinski definition) is 0.